The standard InChI is InChI=1S/C21H26N10O4/c1-10(32)12(14-16(34)30-18(22)26-28-20(30)24-14)8-6-4-3-5-7-9-13(11(2)33)15-17(35)31-19(23)27-29-21(31)25-15/h12-13,22-23,34-35H,3-9H2,1-2H3. The Morgan fingerprint density at radius 2 is 1.09 bits per heavy atom. The second-order valence-electron chi connectivity index (χ2n) is 8.63. The topological polar surface area (TPSA) is 207 Å². The maximum atomic E-state index is 12.2. The van der Waals surface area contributed by atoms with E-state index in [-0.39, 0.29) is 58.5 Å². The minimum atomic E-state index is -0.583. The Labute approximate surface area is 199 Å². The summed E-state index contributed by atoms with van der Waals surface area (Å²) in [5.74, 6) is -2.22. The highest BCUT2D eigenvalue weighted by molar-refractivity contribution is 5.89. The van der Waals surface area contributed by atoms with Gasteiger partial charge in [0.05, 0.1) is 11.8 Å². The van der Waals surface area contributed by atoms with Crippen molar-refractivity contribution in [3.8, 4) is 11.8 Å². The van der Waals surface area contributed by atoms with Gasteiger partial charge in [-0.25, -0.2) is 19.1 Å². The van der Waals surface area contributed by atoms with Crippen LogP contribution >= 0.6 is 0 Å². The zero-order valence-corrected chi connectivity index (χ0v) is 19.4. The van der Waals surface area contributed by atoms with Gasteiger partial charge in [-0.1, -0.05) is 32.1 Å². The van der Waals surface area contributed by atoms with Crippen LogP contribution in [0.3, 0.4) is 0 Å². The molecule has 0 saturated heterocycles. The largest absolute Gasteiger partial charge is 0.493 e. The molecule has 35 heavy (non-hydrogen) atoms. The summed E-state index contributed by atoms with van der Waals surface area (Å²) < 4.78 is 2.21. The SMILES string of the molecule is CC(=O)C(CCCCCCCC(C(C)=O)c1nc2n(c1O)C(=N)N=N2)c1nc2n(c1O)C(=N)N=N2. The van der Waals surface area contributed by atoms with E-state index in [1.807, 2.05) is 0 Å². The number of aromatic nitrogens is 4. The second kappa shape index (κ2) is 9.64. The van der Waals surface area contributed by atoms with Crippen LogP contribution in [-0.2, 0) is 9.59 Å². The molecule has 4 N–H and O–H groups in total. The second-order valence-corrected chi connectivity index (χ2v) is 8.63. The molecular formula is C21H26N10O4. The number of hydrogen-bond acceptors (Lipinski definition) is 10. The van der Waals surface area contributed by atoms with Crippen LogP contribution in [0.4, 0.5) is 11.9 Å². The molecule has 0 fully saturated rings. The maximum absolute atomic E-state index is 12.2. The van der Waals surface area contributed by atoms with Gasteiger partial charge in [0.2, 0.25) is 11.8 Å². The van der Waals surface area contributed by atoms with E-state index in [1.165, 1.54) is 13.8 Å². The number of nitrogens with one attached hydrogen (secondary N) is 2. The number of fused-ring (bicyclic) bond motifs is 2. The molecule has 14 heteroatoms. The smallest absolute Gasteiger partial charge is 0.259 e. The molecule has 2 aliphatic heterocycles. The van der Waals surface area contributed by atoms with Crippen molar-refractivity contribution in [2.75, 3.05) is 0 Å². The molecule has 2 aromatic rings. The van der Waals surface area contributed by atoms with E-state index >= 15 is 0 Å². The van der Waals surface area contributed by atoms with Gasteiger partial charge in [0.1, 0.15) is 23.0 Å². The van der Waals surface area contributed by atoms with Gasteiger partial charge in [-0.15, -0.1) is 20.5 Å². The first-order valence-corrected chi connectivity index (χ1v) is 11.4. The van der Waals surface area contributed by atoms with Crippen LogP contribution in [0.25, 0.3) is 0 Å². The van der Waals surface area contributed by atoms with Gasteiger partial charge in [0.15, 0.2) is 0 Å². The minimum absolute atomic E-state index is 0.0997. The van der Waals surface area contributed by atoms with Crippen molar-refractivity contribution in [3.63, 3.8) is 0 Å². The maximum Gasteiger partial charge on any atom is 0.259 e. The molecular weight excluding hydrogens is 456 g/mol. The summed E-state index contributed by atoms with van der Waals surface area (Å²) in [7, 11) is 0. The van der Waals surface area contributed by atoms with Gasteiger partial charge in [0.25, 0.3) is 23.8 Å². The molecule has 0 spiro atoms. The molecule has 0 aromatic carbocycles. The van der Waals surface area contributed by atoms with Crippen molar-refractivity contribution >= 4 is 35.4 Å². The Bertz CT molecular complexity index is 1180. The molecule has 2 unspecified atom stereocenters. The van der Waals surface area contributed by atoms with E-state index in [0.29, 0.717) is 12.8 Å². The Morgan fingerprint density at radius 3 is 1.43 bits per heavy atom. The number of carbonyl (C=O) groups excluding carboxylic acids is 2. The van der Waals surface area contributed by atoms with Crippen LogP contribution in [0.5, 0.6) is 11.8 Å². The van der Waals surface area contributed by atoms with E-state index in [0.717, 1.165) is 41.2 Å². The number of ketones is 2. The van der Waals surface area contributed by atoms with Crippen LogP contribution < -0.4 is 0 Å². The monoisotopic (exact) mass is 482 g/mol. The van der Waals surface area contributed by atoms with Gasteiger partial charge < -0.3 is 10.2 Å². The highest BCUT2D eigenvalue weighted by Crippen LogP contribution is 2.37. The summed E-state index contributed by atoms with van der Waals surface area (Å²) in [5.41, 5.74) is 0.444. The number of imidazole rings is 2. The van der Waals surface area contributed by atoms with E-state index in [2.05, 4.69) is 30.4 Å². The molecule has 0 radical (unpaired) electrons. The van der Waals surface area contributed by atoms with Gasteiger partial charge in [0, 0.05) is 0 Å². The molecule has 0 aliphatic carbocycles. The predicted molar refractivity (Wildman–Crippen MR) is 122 cm³/mol. The highest BCUT2D eigenvalue weighted by atomic mass is 16.3. The molecule has 14 nitrogen and oxygen atoms in total. The number of rotatable bonds is 12. The Balaban J connectivity index is 1.26. The zero-order valence-electron chi connectivity index (χ0n) is 19.4. The number of aromatic hydroxyl groups is 2. The molecule has 4 heterocycles. The lowest BCUT2D eigenvalue weighted by Gasteiger charge is -2.13. The van der Waals surface area contributed by atoms with Crippen LogP contribution in [0.1, 0.15) is 82.0 Å². The van der Waals surface area contributed by atoms with Crippen LogP contribution in [0, 0.1) is 10.8 Å². The van der Waals surface area contributed by atoms with Crippen molar-refractivity contribution in [2.24, 2.45) is 20.5 Å². The van der Waals surface area contributed by atoms with Crippen molar-refractivity contribution in [3.05, 3.63) is 11.4 Å². The summed E-state index contributed by atoms with van der Waals surface area (Å²) in [6.45, 7) is 2.90. The van der Waals surface area contributed by atoms with E-state index in [9.17, 15) is 19.8 Å². The fraction of sp³-hybridized carbons (Fsp3) is 0.524. The fourth-order valence-corrected chi connectivity index (χ4v) is 4.39. The van der Waals surface area contributed by atoms with E-state index in [4.69, 9.17) is 10.8 Å². The third-order valence-corrected chi connectivity index (χ3v) is 6.24. The van der Waals surface area contributed by atoms with Crippen molar-refractivity contribution in [1.82, 2.24) is 19.1 Å². The zero-order chi connectivity index (χ0) is 25.3. The highest BCUT2D eigenvalue weighted by Gasteiger charge is 2.31. The summed E-state index contributed by atoms with van der Waals surface area (Å²) in [5, 5.41) is 50.7. The van der Waals surface area contributed by atoms with Crippen LogP contribution in [-0.4, -0.2) is 52.8 Å². The summed E-state index contributed by atoms with van der Waals surface area (Å²) in [4.78, 5) is 32.8. The molecule has 2 aromatic heterocycles. The molecule has 2 atom stereocenters. The minimum Gasteiger partial charge on any atom is -0.493 e. The van der Waals surface area contributed by atoms with Crippen molar-refractivity contribution in [2.45, 2.75) is 70.6 Å². The molecule has 0 bridgehead atoms. The quantitative estimate of drug-likeness (QED) is 0.328. The van der Waals surface area contributed by atoms with Gasteiger partial charge in [-0.3, -0.25) is 20.4 Å². The molecule has 2 aliphatic rings. The lowest BCUT2D eigenvalue weighted by molar-refractivity contribution is -0.119. The number of Topliss-reactive ketones (excluding diaryl/α,β-unsaturated/α-hetero) is 2. The van der Waals surface area contributed by atoms with Gasteiger partial charge in [-0.05, 0) is 26.7 Å². The van der Waals surface area contributed by atoms with Crippen molar-refractivity contribution in [1.29, 1.82) is 10.8 Å². The van der Waals surface area contributed by atoms with Gasteiger partial charge in [-0.2, -0.15) is 0 Å². The predicted octanol–water partition coefficient (Wildman–Crippen LogP) is 4.03. The average Bonchev–Trinajstić information content (AvgIpc) is 3.52. The lowest BCUT2D eigenvalue weighted by Crippen LogP contribution is -2.11. The van der Waals surface area contributed by atoms with Crippen molar-refractivity contribution < 1.29 is 19.8 Å². The molecule has 4 rings (SSSR count). The third-order valence-electron chi connectivity index (χ3n) is 6.24. The molecule has 0 amide bonds. The summed E-state index contributed by atoms with van der Waals surface area (Å²) in [6.07, 6.45) is 5.07. The van der Waals surface area contributed by atoms with Crippen LogP contribution in [0.15, 0.2) is 20.5 Å². The molecule has 0 saturated carbocycles. The number of carbonyl (C=O) groups is 2. The Morgan fingerprint density at radius 1 is 0.714 bits per heavy atom. The number of unbranched alkanes of at least 4 members (excludes halogenated alkanes) is 4. The van der Waals surface area contributed by atoms with Crippen LogP contribution in [0.2, 0.25) is 0 Å². The number of hydrogen-bond donors (Lipinski definition) is 4. The fourth-order valence-electron chi connectivity index (χ4n) is 4.39. The van der Waals surface area contributed by atoms with E-state index in [1.54, 1.807) is 0 Å². The third kappa shape index (κ3) is 4.50. The first-order chi connectivity index (χ1) is 16.7. The number of nitrogens with zero attached hydrogens (tertiary/aromatic N) is 8. The Kier molecular flexibility index (Phi) is 6.62. The summed E-state index contributed by atoms with van der Waals surface area (Å²) >= 11 is 0. The number of azo groups is 2. The normalized spacial score (nSPS) is 15.5. The van der Waals surface area contributed by atoms with Gasteiger partial charge >= 0.3 is 0 Å². The lowest BCUT2D eigenvalue weighted by atomic mass is 9.92. The Hall–Kier alpha value is -4.10. The first-order valence-electron chi connectivity index (χ1n) is 11.4. The molecule has 184 valence electrons. The first kappa shape index (κ1) is 24.0. The average molecular weight is 483 g/mol. The summed E-state index contributed by atoms with van der Waals surface area (Å²) in [6, 6.07) is 0. The van der Waals surface area contributed by atoms with E-state index < -0.39 is 11.8 Å².